The average Bonchev–Trinajstić information content (AvgIpc) is 1.88. The Kier molecular flexibility index (Phi) is 4.10. The number of hydrogen-bond donors (Lipinski definition) is 0. The Morgan fingerprint density at radius 1 is 1.36 bits per heavy atom. The molecule has 0 saturated carbocycles. The van der Waals surface area contributed by atoms with E-state index in [1.54, 1.807) is 13.8 Å². The predicted octanol–water partition coefficient (Wildman–Crippen LogP) is 0.968. The molecule has 0 aliphatic rings. The Hall–Kier alpha value is -0.580. The van der Waals surface area contributed by atoms with E-state index in [1.807, 2.05) is 0 Å². The molecule has 0 spiro atoms. The Balaban J connectivity index is 4.20. The van der Waals surface area contributed by atoms with Crippen molar-refractivity contribution < 1.29 is 17.9 Å². The molecule has 66 valence electrons. The number of carbonyl (C=O) groups is 1. The van der Waals surface area contributed by atoms with Crippen molar-refractivity contribution >= 4 is 15.1 Å². The molecule has 0 heterocycles. The van der Waals surface area contributed by atoms with Crippen molar-refractivity contribution in [2.45, 2.75) is 20.3 Å². The topological polar surface area (TPSA) is 60.4 Å². The third-order valence-electron chi connectivity index (χ3n) is 0.989. The van der Waals surface area contributed by atoms with Crippen LogP contribution in [0.1, 0.15) is 20.3 Å². The summed E-state index contributed by atoms with van der Waals surface area (Å²) in [6, 6.07) is 0. The molecule has 0 fully saturated rings. The van der Waals surface area contributed by atoms with Crippen LogP contribution in [0.15, 0.2) is 0 Å². The highest BCUT2D eigenvalue weighted by atomic mass is 32.2. The molecule has 0 unspecified atom stereocenters. The van der Waals surface area contributed by atoms with E-state index in [2.05, 4.69) is 4.74 Å². The van der Waals surface area contributed by atoms with Crippen LogP contribution in [0.2, 0.25) is 0 Å². The van der Waals surface area contributed by atoms with E-state index in [1.165, 1.54) is 0 Å². The Morgan fingerprint density at radius 3 is 2.27 bits per heavy atom. The zero-order chi connectivity index (χ0) is 8.91. The molecule has 4 nitrogen and oxygen atoms in total. The molecule has 0 aromatic rings. The van der Waals surface area contributed by atoms with Crippen molar-refractivity contribution in [1.82, 2.24) is 0 Å². The largest absolute Gasteiger partial charge is 0.454 e. The summed E-state index contributed by atoms with van der Waals surface area (Å²) in [5.74, 6) is -0.133. The molecule has 0 aromatic heterocycles. The zero-order valence-corrected chi connectivity index (χ0v) is 7.48. The van der Waals surface area contributed by atoms with Gasteiger partial charge in [0.15, 0.2) is 0 Å². The van der Waals surface area contributed by atoms with Gasteiger partial charge in [0.25, 0.3) is 9.84 Å². The summed E-state index contributed by atoms with van der Waals surface area (Å²) in [6.07, 6.45) is 0.432. The maximum Gasteiger partial charge on any atom is 0.424 e. The van der Waals surface area contributed by atoms with Gasteiger partial charge in [0.2, 0.25) is 0 Å². The minimum Gasteiger partial charge on any atom is -0.454 e. The van der Waals surface area contributed by atoms with E-state index >= 15 is 0 Å². The minimum atomic E-state index is -3.63. The fourth-order valence-corrected chi connectivity index (χ4v) is 1.56. The number of carbonyl (C=O) groups excluding carboxylic acids is 1. The van der Waals surface area contributed by atoms with Crippen LogP contribution in [0.4, 0.5) is 4.79 Å². The summed E-state index contributed by atoms with van der Waals surface area (Å²) in [5, 5.41) is -1.11. The van der Waals surface area contributed by atoms with Gasteiger partial charge in [-0.15, -0.1) is 0 Å². The SMILES string of the molecule is CCCS(=O)(=O)C(=O)OCC. The van der Waals surface area contributed by atoms with Crippen molar-refractivity contribution in [2.75, 3.05) is 12.4 Å². The number of ether oxygens (including phenoxy) is 1. The molecule has 0 aliphatic carbocycles. The molecule has 0 bridgehead atoms. The molecule has 0 aromatic carbocycles. The van der Waals surface area contributed by atoms with Gasteiger partial charge in [-0.05, 0) is 13.3 Å². The van der Waals surface area contributed by atoms with Crippen LogP contribution < -0.4 is 0 Å². The standard InChI is InChI=1S/C6H12O4S/c1-3-5-11(8,9)6(7)10-4-2/h3-5H2,1-2H3. The molecular weight excluding hydrogens is 168 g/mol. The molecule has 0 rings (SSSR count). The van der Waals surface area contributed by atoms with Gasteiger partial charge in [0, 0.05) is 0 Å². The van der Waals surface area contributed by atoms with Crippen LogP contribution in [0.5, 0.6) is 0 Å². The van der Waals surface area contributed by atoms with Crippen molar-refractivity contribution in [1.29, 1.82) is 0 Å². The van der Waals surface area contributed by atoms with Crippen LogP contribution >= 0.6 is 0 Å². The molecule has 0 N–H and O–H groups in total. The second-order valence-corrected chi connectivity index (χ2v) is 3.97. The molecule has 11 heavy (non-hydrogen) atoms. The first kappa shape index (κ1) is 10.4. The van der Waals surface area contributed by atoms with Gasteiger partial charge >= 0.3 is 5.30 Å². The van der Waals surface area contributed by atoms with Gasteiger partial charge in [-0.2, -0.15) is 0 Å². The predicted molar refractivity (Wildman–Crippen MR) is 41.1 cm³/mol. The lowest BCUT2D eigenvalue weighted by Gasteiger charge is -2.00. The molecule has 0 saturated heterocycles. The van der Waals surface area contributed by atoms with Gasteiger partial charge in [-0.3, -0.25) is 0 Å². The fraction of sp³-hybridized carbons (Fsp3) is 0.833. The highest BCUT2D eigenvalue weighted by Crippen LogP contribution is 1.98. The van der Waals surface area contributed by atoms with Crippen molar-refractivity contribution in [3.8, 4) is 0 Å². The lowest BCUT2D eigenvalue weighted by atomic mass is 10.6. The van der Waals surface area contributed by atoms with E-state index in [0.29, 0.717) is 6.42 Å². The number of sulfone groups is 1. The normalized spacial score (nSPS) is 11.1. The lowest BCUT2D eigenvalue weighted by molar-refractivity contribution is 0.178. The van der Waals surface area contributed by atoms with Crippen molar-refractivity contribution in [3.05, 3.63) is 0 Å². The van der Waals surface area contributed by atoms with Crippen LogP contribution in [0, 0.1) is 0 Å². The fourth-order valence-electron chi connectivity index (χ4n) is 0.560. The third-order valence-corrected chi connectivity index (χ3v) is 2.56. The summed E-state index contributed by atoms with van der Waals surface area (Å²) >= 11 is 0. The maximum atomic E-state index is 10.8. The highest BCUT2D eigenvalue weighted by molar-refractivity contribution is 8.05. The molecular formula is C6H12O4S. The second kappa shape index (κ2) is 4.33. The highest BCUT2D eigenvalue weighted by Gasteiger charge is 2.21. The minimum absolute atomic E-state index is 0.0990. The third kappa shape index (κ3) is 3.36. The number of hydrogen-bond acceptors (Lipinski definition) is 4. The number of rotatable bonds is 3. The monoisotopic (exact) mass is 180 g/mol. The summed E-state index contributed by atoms with van der Waals surface area (Å²) in [5.41, 5.74) is 0. The Bertz CT molecular complexity index is 217. The van der Waals surface area contributed by atoms with Crippen molar-refractivity contribution in [3.63, 3.8) is 0 Å². The maximum absolute atomic E-state index is 10.8. The van der Waals surface area contributed by atoms with Gasteiger partial charge in [0.05, 0.1) is 12.4 Å². The smallest absolute Gasteiger partial charge is 0.424 e. The first-order chi connectivity index (χ1) is 5.04. The average molecular weight is 180 g/mol. The summed E-state index contributed by atoms with van der Waals surface area (Å²) < 4.78 is 26.0. The molecule has 5 heteroatoms. The van der Waals surface area contributed by atoms with Gasteiger partial charge in [0.1, 0.15) is 0 Å². The first-order valence-corrected chi connectivity index (χ1v) is 5.09. The van der Waals surface area contributed by atoms with Gasteiger partial charge in [-0.1, -0.05) is 6.92 Å². The summed E-state index contributed by atoms with van der Waals surface area (Å²) in [4.78, 5) is 10.6. The van der Waals surface area contributed by atoms with E-state index in [-0.39, 0.29) is 12.4 Å². The summed E-state index contributed by atoms with van der Waals surface area (Å²) in [7, 11) is -3.63. The van der Waals surface area contributed by atoms with Crippen molar-refractivity contribution in [2.24, 2.45) is 0 Å². The Morgan fingerprint density at radius 2 is 1.91 bits per heavy atom. The van der Waals surface area contributed by atoms with E-state index < -0.39 is 15.1 Å². The van der Waals surface area contributed by atoms with Crippen LogP contribution in [0.3, 0.4) is 0 Å². The molecule has 0 atom stereocenters. The first-order valence-electron chi connectivity index (χ1n) is 3.44. The second-order valence-electron chi connectivity index (χ2n) is 2.00. The van der Waals surface area contributed by atoms with Gasteiger partial charge < -0.3 is 4.74 Å². The van der Waals surface area contributed by atoms with E-state index in [0.717, 1.165) is 0 Å². The Labute approximate surface area is 66.5 Å². The lowest BCUT2D eigenvalue weighted by Crippen LogP contribution is -2.19. The zero-order valence-electron chi connectivity index (χ0n) is 6.66. The van der Waals surface area contributed by atoms with E-state index in [4.69, 9.17) is 0 Å². The van der Waals surface area contributed by atoms with Crippen LogP contribution in [-0.2, 0) is 14.6 Å². The molecule has 0 amide bonds. The quantitative estimate of drug-likeness (QED) is 0.607. The summed E-state index contributed by atoms with van der Waals surface area (Å²) in [6.45, 7) is 3.36. The van der Waals surface area contributed by atoms with Gasteiger partial charge in [-0.25, -0.2) is 13.2 Å². The van der Waals surface area contributed by atoms with E-state index in [9.17, 15) is 13.2 Å². The molecule has 0 radical (unpaired) electrons. The van der Waals surface area contributed by atoms with Crippen LogP contribution in [-0.4, -0.2) is 26.1 Å². The van der Waals surface area contributed by atoms with Crippen LogP contribution in [0.25, 0.3) is 0 Å². The molecule has 0 aliphatic heterocycles.